The molecule has 1 aromatic heterocycles. The molecular formula is C9H15N3O3S2. The Morgan fingerprint density at radius 1 is 1.76 bits per heavy atom. The molecule has 2 unspecified atom stereocenters. The zero-order chi connectivity index (χ0) is 12.8. The van der Waals surface area contributed by atoms with E-state index in [-0.39, 0.29) is 0 Å². The molecule has 0 fully saturated rings. The van der Waals surface area contributed by atoms with Gasteiger partial charge in [-0.2, -0.15) is 0 Å². The maximum Gasteiger partial charge on any atom is 0.326 e. The summed E-state index contributed by atoms with van der Waals surface area (Å²) < 4.78 is 11.2. The first kappa shape index (κ1) is 14.1. The smallest absolute Gasteiger partial charge is 0.326 e. The Labute approximate surface area is 106 Å². The van der Waals surface area contributed by atoms with Crippen LogP contribution in [0.2, 0.25) is 0 Å². The predicted molar refractivity (Wildman–Crippen MR) is 68.7 cm³/mol. The lowest BCUT2D eigenvalue weighted by Crippen LogP contribution is -2.21. The summed E-state index contributed by atoms with van der Waals surface area (Å²) in [6.07, 6.45) is 0. The lowest BCUT2D eigenvalue weighted by atomic mass is 10.2. The third-order valence-electron chi connectivity index (χ3n) is 2.03. The number of nitrogens with one attached hydrogen (secondary N) is 1. The van der Waals surface area contributed by atoms with Gasteiger partial charge in [0.05, 0.1) is 5.69 Å². The fourth-order valence-corrected chi connectivity index (χ4v) is 2.45. The minimum Gasteiger partial charge on any atom is -0.480 e. The summed E-state index contributed by atoms with van der Waals surface area (Å²) in [5.74, 6) is 0.0828. The van der Waals surface area contributed by atoms with E-state index in [1.165, 1.54) is 11.3 Å². The van der Waals surface area contributed by atoms with Gasteiger partial charge in [-0.1, -0.05) is 6.92 Å². The minimum atomic E-state index is -1.10. The van der Waals surface area contributed by atoms with E-state index in [9.17, 15) is 9.00 Å². The summed E-state index contributed by atoms with van der Waals surface area (Å²) in [4.78, 5) is 14.7. The van der Waals surface area contributed by atoms with Gasteiger partial charge < -0.3 is 16.2 Å². The molecule has 1 heterocycles. The molecule has 0 saturated carbocycles. The van der Waals surface area contributed by atoms with Crippen molar-refractivity contribution in [3.63, 3.8) is 0 Å². The van der Waals surface area contributed by atoms with Gasteiger partial charge in [-0.05, 0) is 0 Å². The van der Waals surface area contributed by atoms with Crippen molar-refractivity contribution in [2.24, 2.45) is 5.73 Å². The van der Waals surface area contributed by atoms with Crippen LogP contribution in [0.4, 0.5) is 5.13 Å². The van der Waals surface area contributed by atoms with E-state index in [2.05, 4.69) is 10.3 Å². The van der Waals surface area contributed by atoms with Crippen LogP contribution in [0.15, 0.2) is 5.38 Å². The van der Waals surface area contributed by atoms with Crippen LogP contribution in [0.5, 0.6) is 0 Å². The molecule has 1 rings (SSSR count). The fraction of sp³-hybridized carbons (Fsp3) is 0.556. The van der Waals surface area contributed by atoms with Crippen LogP contribution in [0.1, 0.15) is 18.7 Å². The average Bonchev–Trinajstić information content (AvgIpc) is 2.76. The number of hydrogen-bond acceptors (Lipinski definition) is 6. The number of nitrogens with zero attached hydrogens (tertiary/aromatic N) is 1. The average molecular weight is 277 g/mol. The van der Waals surface area contributed by atoms with E-state index < -0.39 is 22.8 Å². The number of anilines is 1. The summed E-state index contributed by atoms with van der Waals surface area (Å²) in [6.45, 7) is 2.42. The molecule has 0 aliphatic rings. The molecule has 1 aromatic rings. The highest BCUT2D eigenvalue weighted by Crippen LogP contribution is 2.19. The molecule has 0 aliphatic heterocycles. The minimum absolute atomic E-state index is 0.335. The second-order valence-corrected chi connectivity index (χ2v) is 5.98. The van der Waals surface area contributed by atoms with E-state index in [0.717, 1.165) is 0 Å². The molecule has 2 atom stereocenters. The molecule has 8 heteroatoms. The van der Waals surface area contributed by atoms with Crippen LogP contribution in [0, 0.1) is 0 Å². The van der Waals surface area contributed by atoms with Crippen LogP contribution >= 0.6 is 11.3 Å². The molecule has 0 bridgehead atoms. The van der Waals surface area contributed by atoms with E-state index >= 15 is 0 Å². The quantitative estimate of drug-likeness (QED) is 0.666. The largest absolute Gasteiger partial charge is 0.480 e. The number of carboxylic acid groups (broad SMARTS) is 1. The molecule has 0 saturated heterocycles. The Balaban J connectivity index is 2.46. The van der Waals surface area contributed by atoms with Gasteiger partial charge in [0.2, 0.25) is 0 Å². The molecule has 4 N–H and O–H groups in total. The summed E-state index contributed by atoms with van der Waals surface area (Å²) >= 11 is 1.29. The van der Waals surface area contributed by atoms with Crippen molar-refractivity contribution >= 4 is 33.2 Å². The Bertz CT molecular complexity index is 408. The summed E-state index contributed by atoms with van der Waals surface area (Å²) in [5, 5.41) is 13.9. The van der Waals surface area contributed by atoms with Gasteiger partial charge in [0.15, 0.2) is 5.13 Å². The monoisotopic (exact) mass is 277 g/mol. The third-order valence-corrected chi connectivity index (χ3v) is 4.16. The summed E-state index contributed by atoms with van der Waals surface area (Å²) in [5.41, 5.74) is 5.75. The van der Waals surface area contributed by atoms with Gasteiger partial charge in [-0.25, -0.2) is 4.98 Å². The Kier molecular flexibility index (Phi) is 5.52. The number of carbonyl (C=O) groups is 1. The van der Waals surface area contributed by atoms with E-state index in [4.69, 9.17) is 10.8 Å². The van der Waals surface area contributed by atoms with Gasteiger partial charge >= 0.3 is 5.97 Å². The van der Waals surface area contributed by atoms with E-state index in [1.807, 2.05) is 6.92 Å². The highest BCUT2D eigenvalue weighted by atomic mass is 32.2. The second-order valence-electron chi connectivity index (χ2n) is 3.25. The fourth-order valence-electron chi connectivity index (χ4n) is 1.05. The molecule has 96 valence electrons. The van der Waals surface area contributed by atoms with Crippen molar-refractivity contribution in [1.82, 2.24) is 4.98 Å². The summed E-state index contributed by atoms with van der Waals surface area (Å²) in [7, 11) is -0.814. The third kappa shape index (κ3) is 4.41. The van der Waals surface area contributed by atoms with E-state index in [1.54, 1.807) is 5.38 Å². The normalized spacial score (nSPS) is 14.2. The molecule has 0 amide bonds. The van der Waals surface area contributed by atoms with Crippen molar-refractivity contribution < 1.29 is 14.1 Å². The molecular weight excluding hydrogens is 262 g/mol. The molecule has 0 radical (unpaired) electrons. The van der Waals surface area contributed by atoms with Gasteiger partial charge in [-0.15, -0.1) is 11.3 Å². The number of rotatable bonds is 7. The Hall–Kier alpha value is -0.990. The van der Waals surface area contributed by atoms with Crippen molar-refractivity contribution in [1.29, 1.82) is 0 Å². The zero-order valence-corrected chi connectivity index (χ0v) is 11.0. The van der Waals surface area contributed by atoms with Crippen molar-refractivity contribution in [2.45, 2.75) is 13.0 Å². The van der Waals surface area contributed by atoms with Crippen LogP contribution in [0.25, 0.3) is 0 Å². The molecule has 0 aromatic carbocycles. The van der Waals surface area contributed by atoms with Crippen LogP contribution in [-0.2, 0) is 15.6 Å². The topological polar surface area (TPSA) is 105 Å². The molecule has 17 heavy (non-hydrogen) atoms. The number of carboxylic acids is 1. The van der Waals surface area contributed by atoms with Gasteiger partial charge in [0.25, 0.3) is 0 Å². The lowest BCUT2D eigenvalue weighted by Gasteiger charge is -2.02. The summed E-state index contributed by atoms with van der Waals surface area (Å²) in [6, 6.07) is -1.09. The van der Waals surface area contributed by atoms with Crippen molar-refractivity contribution in [3.05, 3.63) is 11.1 Å². The number of thiazole rings is 1. The van der Waals surface area contributed by atoms with Crippen LogP contribution < -0.4 is 11.1 Å². The standard InChI is InChI=1S/C9H15N3O3S2/c1-2-17(15)4-3-11-9-12-6(5-16-9)7(10)8(13)14/h5,7H,2-4,10H2,1H3,(H,11,12)(H,13,14). The molecule has 0 spiro atoms. The first-order chi connectivity index (χ1) is 8.04. The number of aliphatic carboxylic acids is 1. The number of hydrogen-bond donors (Lipinski definition) is 3. The predicted octanol–water partition coefficient (Wildman–Crippen LogP) is 0.408. The first-order valence-electron chi connectivity index (χ1n) is 5.07. The second kappa shape index (κ2) is 6.67. The Morgan fingerprint density at radius 3 is 3.06 bits per heavy atom. The maximum atomic E-state index is 11.2. The number of aromatic nitrogens is 1. The van der Waals surface area contributed by atoms with Gasteiger partial charge in [0.1, 0.15) is 6.04 Å². The van der Waals surface area contributed by atoms with E-state index in [0.29, 0.717) is 28.9 Å². The van der Waals surface area contributed by atoms with Crippen molar-refractivity contribution in [3.8, 4) is 0 Å². The lowest BCUT2D eigenvalue weighted by molar-refractivity contribution is -0.138. The van der Waals surface area contributed by atoms with Gasteiger partial charge in [-0.3, -0.25) is 9.00 Å². The van der Waals surface area contributed by atoms with Crippen LogP contribution in [0.3, 0.4) is 0 Å². The molecule has 0 aliphatic carbocycles. The SMILES string of the molecule is CCS(=O)CCNc1nc(C(N)C(=O)O)cs1. The zero-order valence-electron chi connectivity index (χ0n) is 9.38. The first-order valence-corrected chi connectivity index (χ1v) is 7.44. The van der Waals surface area contributed by atoms with Gasteiger partial charge in [0, 0.05) is 34.2 Å². The highest BCUT2D eigenvalue weighted by Gasteiger charge is 2.17. The highest BCUT2D eigenvalue weighted by molar-refractivity contribution is 7.84. The van der Waals surface area contributed by atoms with Crippen molar-refractivity contribution in [2.75, 3.05) is 23.4 Å². The maximum absolute atomic E-state index is 11.2. The molecule has 6 nitrogen and oxygen atoms in total. The number of nitrogens with two attached hydrogens (primary N) is 1. The Morgan fingerprint density at radius 2 is 2.47 bits per heavy atom. The van der Waals surface area contributed by atoms with Crippen LogP contribution in [-0.4, -0.2) is 38.3 Å².